The van der Waals surface area contributed by atoms with Gasteiger partial charge < -0.3 is 11.1 Å². The van der Waals surface area contributed by atoms with Gasteiger partial charge in [-0.25, -0.2) is 0 Å². The molecular weight excluding hydrogens is 262 g/mol. The lowest BCUT2D eigenvalue weighted by Crippen LogP contribution is -2.42. The third kappa shape index (κ3) is 3.22. The topological polar surface area (TPSA) is 68.0 Å². The van der Waals surface area contributed by atoms with E-state index in [9.17, 15) is 4.79 Å². The number of hydrogen-bond acceptors (Lipinski definition) is 3. The van der Waals surface area contributed by atoms with Crippen molar-refractivity contribution >= 4 is 22.4 Å². The summed E-state index contributed by atoms with van der Waals surface area (Å²) < 4.78 is 0. The summed E-state index contributed by atoms with van der Waals surface area (Å²) >= 11 is 0. The molecule has 3 rings (SSSR count). The van der Waals surface area contributed by atoms with E-state index in [0.717, 1.165) is 29.3 Å². The van der Waals surface area contributed by atoms with E-state index in [-0.39, 0.29) is 5.91 Å². The molecule has 0 saturated heterocycles. The number of carbonyl (C=O) groups is 1. The SMILES string of the molecule is NC(C(=O)Nc1ccc2ccncc2c1)C1CCCCC1. The highest BCUT2D eigenvalue weighted by molar-refractivity contribution is 5.97. The van der Waals surface area contributed by atoms with E-state index in [2.05, 4.69) is 10.3 Å². The first-order chi connectivity index (χ1) is 10.2. The monoisotopic (exact) mass is 283 g/mol. The van der Waals surface area contributed by atoms with Gasteiger partial charge in [0.15, 0.2) is 0 Å². The van der Waals surface area contributed by atoms with Crippen LogP contribution in [-0.4, -0.2) is 16.9 Å². The fourth-order valence-corrected chi connectivity index (χ4v) is 3.10. The number of carbonyl (C=O) groups excluding carboxylic acids is 1. The third-order valence-corrected chi connectivity index (χ3v) is 4.37. The number of hydrogen-bond donors (Lipinski definition) is 2. The molecule has 1 aliphatic rings. The zero-order chi connectivity index (χ0) is 14.7. The van der Waals surface area contributed by atoms with Crippen LogP contribution in [0.5, 0.6) is 0 Å². The molecule has 0 spiro atoms. The maximum atomic E-state index is 12.3. The Bertz CT molecular complexity index is 635. The van der Waals surface area contributed by atoms with Crippen LogP contribution in [0.2, 0.25) is 0 Å². The van der Waals surface area contributed by atoms with Crippen LogP contribution in [0.4, 0.5) is 5.69 Å². The van der Waals surface area contributed by atoms with Crippen LogP contribution in [0.1, 0.15) is 32.1 Å². The molecule has 1 aliphatic carbocycles. The van der Waals surface area contributed by atoms with Crippen molar-refractivity contribution in [1.29, 1.82) is 0 Å². The molecule has 1 aromatic carbocycles. The van der Waals surface area contributed by atoms with E-state index in [1.807, 2.05) is 24.3 Å². The first kappa shape index (κ1) is 14.0. The molecule has 4 heteroatoms. The molecule has 1 amide bonds. The average molecular weight is 283 g/mol. The van der Waals surface area contributed by atoms with Gasteiger partial charge in [-0.1, -0.05) is 25.3 Å². The minimum absolute atomic E-state index is 0.0786. The fraction of sp³-hybridized carbons (Fsp3) is 0.412. The van der Waals surface area contributed by atoms with E-state index in [0.29, 0.717) is 5.92 Å². The highest BCUT2D eigenvalue weighted by Gasteiger charge is 2.26. The predicted octanol–water partition coefficient (Wildman–Crippen LogP) is 3.08. The molecule has 0 bridgehead atoms. The number of benzene rings is 1. The quantitative estimate of drug-likeness (QED) is 0.909. The van der Waals surface area contributed by atoms with Gasteiger partial charge in [0.2, 0.25) is 5.91 Å². The summed E-state index contributed by atoms with van der Waals surface area (Å²) in [6.45, 7) is 0. The number of rotatable bonds is 3. The maximum absolute atomic E-state index is 12.3. The van der Waals surface area contributed by atoms with Crippen molar-refractivity contribution in [3.63, 3.8) is 0 Å². The molecule has 2 aromatic rings. The average Bonchev–Trinajstić information content (AvgIpc) is 2.55. The van der Waals surface area contributed by atoms with Gasteiger partial charge in [0.25, 0.3) is 0 Å². The summed E-state index contributed by atoms with van der Waals surface area (Å²) in [5.74, 6) is 0.242. The van der Waals surface area contributed by atoms with E-state index < -0.39 is 6.04 Å². The summed E-state index contributed by atoms with van der Waals surface area (Å²) in [6.07, 6.45) is 9.33. The number of nitrogens with two attached hydrogens (primary N) is 1. The van der Waals surface area contributed by atoms with Crippen molar-refractivity contribution in [3.8, 4) is 0 Å². The number of pyridine rings is 1. The van der Waals surface area contributed by atoms with Crippen molar-refractivity contribution in [2.45, 2.75) is 38.1 Å². The van der Waals surface area contributed by atoms with Crippen LogP contribution in [0.15, 0.2) is 36.7 Å². The van der Waals surface area contributed by atoms with Crippen LogP contribution in [0, 0.1) is 5.92 Å². The van der Waals surface area contributed by atoms with Gasteiger partial charge in [-0.05, 0) is 42.3 Å². The molecule has 0 aliphatic heterocycles. The first-order valence-corrected chi connectivity index (χ1v) is 7.64. The molecule has 1 aromatic heterocycles. The van der Waals surface area contributed by atoms with Crippen LogP contribution in [0.25, 0.3) is 10.8 Å². The molecule has 4 nitrogen and oxygen atoms in total. The number of amides is 1. The summed E-state index contributed by atoms with van der Waals surface area (Å²) in [7, 11) is 0. The van der Waals surface area contributed by atoms with Crippen molar-refractivity contribution in [2.24, 2.45) is 11.7 Å². The number of aromatic nitrogens is 1. The summed E-state index contributed by atoms with van der Waals surface area (Å²) in [4.78, 5) is 16.4. The summed E-state index contributed by atoms with van der Waals surface area (Å²) in [5.41, 5.74) is 6.91. The first-order valence-electron chi connectivity index (χ1n) is 7.64. The Morgan fingerprint density at radius 3 is 2.81 bits per heavy atom. The molecule has 1 fully saturated rings. The third-order valence-electron chi connectivity index (χ3n) is 4.37. The van der Waals surface area contributed by atoms with Gasteiger partial charge in [0, 0.05) is 23.5 Å². The van der Waals surface area contributed by atoms with Crippen LogP contribution < -0.4 is 11.1 Å². The highest BCUT2D eigenvalue weighted by atomic mass is 16.2. The Hall–Kier alpha value is -1.94. The lowest BCUT2D eigenvalue weighted by Gasteiger charge is -2.26. The van der Waals surface area contributed by atoms with E-state index in [1.54, 1.807) is 12.4 Å². The normalized spacial score (nSPS) is 17.6. The summed E-state index contributed by atoms with van der Waals surface area (Å²) in [6, 6.07) is 7.38. The number of nitrogens with one attached hydrogen (secondary N) is 1. The Kier molecular flexibility index (Phi) is 4.15. The molecule has 1 unspecified atom stereocenters. The number of nitrogens with zero attached hydrogens (tertiary/aromatic N) is 1. The molecule has 21 heavy (non-hydrogen) atoms. The van der Waals surface area contributed by atoms with E-state index in [1.165, 1.54) is 19.3 Å². The van der Waals surface area contributed by atoms with Gasteiger partial charge in [-0.3, -0.25) is 9.78 Å². The van der Waals surface area contributed by atoms with Crippen molar-refractivity contribution in [2.75, 3.05) is 5.32 Å². The minimum atomic E-state index is -0.408. The predicted molar refractivity (Wildman–Crippen MR) is 84.9 cm³/mol. The molecule has 3 N–H and O–H groups in total. The van der Waals surface area contributed by atoms with Crippen molar-refractivity contribution in [1.82, 2.24) is 4.98 Å². The fourth-order valence-electron chi connectivity index (χ4n) is 3.10. The Morgan fingerprint density at radius 2 is 2.00 bits per heavy atom. The second kappa shape index (κ2) is 6.22. The van der Waals surface area contributed by atoms with Gasteiger partial charge in [0.1, 0.15) is 0 Å². The lowest BCUT2D eigenvalue weighted by atomic mass is 9.84. The molecule has 1 atom stereocenters. The van der Waals surface area contributed by atoms with Crippen molar-refractivity contribution < 1.29 is 4.79 Å². The zero-order valence-corrected chi connectivity index (χ0v) is 12.1. The maximum Gasteiger partial charge on any atom is 0.241 e. The molecule has 0 radical (unpaired) electrons. The summed E-state index contributed by atoms with van der Waals surface area (Å²) in [5, 5.41) is 5.07. The second-order valence-electron chi connectivity index (χ2n) is 5.85. The molecule has 110 valence electrons. The Morgan fingerprint density at radius 1 is 1.19 bits per heavy atom. The highest BCUT2D eigenvalue weighted by Crippen LogP contribution is 2.26. The Balaban J connectivity index is 1.70. The molecular formula is C17H21N3O. The standard InChI is InChI=1S/C17H21N3O/c18-16(13-4-2-1-3-5-13)17(21)20-15-7-6-12-8-9-19-11-14(12)10-15/h6-11,13,16H,1-5,18H2,(H,20,21). The lowest BCUT2D eigenvalue weighted by molar-refractivity contribution is -0.118. The number of fused-ring (bicyclic) bond motifs is 1. The van der Waals surface area contributed by atoms with Gasteiger partial charge >= 0.3 is 0 Å². The van der Waals surface area contributed by atoms with Gasteiger partial charge in [0.05, 0.1) is 6.04 Å². The second-order valence-corrected chi connectivity index (χ2v) is 5.85. The van der Waals surface area contributed by atoms with E-state index in [4.69, 9.17) is 5.73 Å². The van der Waals surface area contributed by atoms with Crippen LogP contribution in [0.3, 0.4) is 0 Å². The van der Waals surface area contributed by atoms with Crippen LogP contribution >= 0.6 is 0 Å². The van der Waals surface area contributed by atoms with E-state index >= 15 is 0 Å². The number of anilines is 1. The zero-order valence-electron chi connectivity index (χ0n) is 12.1. The van der Waals surface area contributed by atoms with Crippen molar-refractivity contribution in [3.05, 3.63) is 36.7 Å². The van der Waals surface area contributed by atoms with Gasteiger partial charge in [-0.2, -0.15) is 0 Å². The molecule has 1 saturated carbocycles. The van der Waals surface area contributed by atoms with Gasteiger partial charge in [-0.15, -0.1) is 0 Å². The van der Waals surface area contributed by atoms with Crippen LogP contribution in [-0.2, 0) is 4.79 Å². The Labute approximate surface area is 124 Å². The minimum Gasteiger partial charge on any atom is -0.325 e. The largest absolute Gasteiger partial charge is 0.325 e. The molecule has 1 heterocycles. The smallest absolute Gasteiger partial charge is 0.241 e.